The third kappa shape index (κ3) is 1.42. The molecule has 0 fully saturated rings. The van der Waals surface area contributed by atoms with Crippen LogP contribution in [0, 0.1) is 5.41 Å². The van der Waals surface area contributed by atoms with Crippen molar-refractivity contribution in [1.29, 1.82) is 0 Å². The quantitative estimate of drug-likeness (QED) is 0.719. The van der Waals surface area contributed by atoms with Crippen molar-refractivity contribution in [2.75, 3.05) is 0 Å². The molecule has 1 aliphatic rings. The molecule has 0 saturated heterocycles. The third-order valence-corrected chi connectivity index (χ3v) is 3.87. The van der Waals surface area contributed by atoms with Crippen molar-refractivity contribution in [3.05, 3.63) is 47.5 Å². The van der Waals surface area contributed by atoms with E-state index in [-0.39, 0.29) is 17.4 Å². The lowest BCUT2D eigenvalue weighted by Crippen LogP contribution is -2.21. The molecule has 2 aromatic rings. The monoisotopic (exact) mass is 226 g/mol. The third-order valence-electron chi connectivity index (χ3n) is 3.87. The predicted octanol–water partition coefficient (Wildman–Crippen LogP) is 4.02. The van der Waals surface area contributed by atoms with Gasteiger partial charge in [0.1, 0.15) is 0 Å². The van der Waals surface area contributed by atoms with Crippen LogP contribution in [-0.4, -0.2) is 5.11 Å². The van der Waals surface area contributed by atoms with E-state index in [4.69, 9.17) is 0 Å². The molecule has 0 radical (unpaired) electrons. The van der Waals surface area contributed by atoms with Gasteiger partial charge in [0.2, 0.25) is 0 Å². The summed E-state index contributed by atoms with van der Waals surface area (Å²) < 4.78 is 0. The van der Waals surface area contributed by atoms with Gasteiger partial charge in [-0.05, 0) is 27.3 Å². The van der Waals surface area contributed by atoms with Crippen molar-refractivity contribution in [1.82, 2.24) is 0 Å². The molecule has 0 aliphatic heterocycles. The zero-order chi connectivity index (χ0) is 12.2. The zero-order valence-electron chi connectivity index (χ0n) is 10.6. The van der Waals surface area contributed by atoms with Crippen LogP contribution < -0.4 is 0 Å². The van der Waals surface area contributed by atoms with E-state index >= 15 is 0 Å². The number of rotatable bonds is 0. The topological polar surface area (TPSA) is 20.2 Å². The summed E-state index contributed by atoms with van der Waals surface area (Å²) in [4.78, 5) is 0. The second kappa shape index (κ2) is 3.33. The standard InChI is InChI=1S/C16H18O/c1-16(2,3)14-11-8-4-6-10-7-5-9-12(13(10)11)15(14)17/h4-9,14-15,17H,1-3H3. The van der Waals surface area contributed by atoms with E-state index in [1.807, 2.05) is 6.07 Å². The molecule has 1 nitrogen and oxygen atoms in total. The first kappa shape index (κ1) is 10.8. The maximum Gasteiger partial charge on any atom is 0.0869 e. The van der Waals surface area contributed by atoms with Gasteiger partial charge in [0.25, 0.3) is 0 Å². The minimum atomic E-state index is -0.365. The van der Waals surface area contributed by atoms with Crippen LogP contribution in [0.4, 0.5) is 0 Å². The molecule has 0 bridgehead atoms. The Morgan fingerprint density at radius 3 is 2.12 bits per heavy atom. The van der Waals surface area contributed by atoms with Crippen molar-refractivity contribution in [2.24, 2.45) is 5.41 Å². The van der Waals surface area contributed by atoms with Gasteiger partial charge in [-0.3, -0.25) is 0 Å². The second-order valence-corrected chi connectivity index (χ2v) is 6.08. The Labute approximate surface area is 102 Å². The molecule has 0 aromatic heterocycles. The summed E-state index contributed by atoms with van der Waals surface area (Å²) >= 11 is 0. The van der Waals surface area contributed by atoms with E-state index in [0.29, 0.717) is 0 Å². The number of hydrogen-bond acceptors (Lipinski definition) is 1. The van der Waals surface area contributed by atoms with Crippen molar-refractivity contribution in [3.63, 3.8) is 0 Å². The van der Waals surface area contributed by atoms with E-state index in [0.717, 1.165) is 5.56 Å². The van der Waals surface area contributed by atoms with Crippen LogP contribution in [-0.2, 0) is 0 Å². The average molecular weight is 226 g/mol. The highest BCUT2D eigenvalue weighted by Gasteiger charge is 2.39. The molecule has 17 heavy (non-hydrogen) atoms. The summed E-state index contributed by atoms with van der Waals surface area (Å²) in [6, 6.07) is 12.6. The summed E-state index contributed by atoms with van der Waals surface area (Å²) in [6.45, 7) is 6.60. The van der Waals surface area contributed by atoms with Gasteiger partial charge in [0, 0.05) is 5.92 Å². The molecule has 0 amide bonds. The van der Waals surface area contributed by atoms with Crippen LogP contribution in [0.2, 0.25) is 0 Å². The van der Waals surface area contributed by atoms with Crippen molar-refractivity contribution >= 4 is 10.8 Å². The van der Waals surface area contributed by atoms with E-state index in [1.165, 1.54) is 16.3 Å². The Morgan fingerprint density at radius 1 is 0.941 bits per heavy atom. The predicted molar refractivity (Wildman–Crippen MR) is 71.1 cm³/mol. The van der Waals surface area contributed by atoms with E-state index in [9.17, 15) is 5.11 Å². The maximum absolute atomic E-state index is 10.6. The van der Waals surface area contributed by atoms with Gasteiger partial charge in [-0.15, -0.1) is 0 Å². The molecule has 88 valence electrons. The van der Waals surface area contributed by atoms with Gasteiger partial charge in [0.05, 0.1) is 6.10 Å². The number of aliphatic hydroxyl groups is 1. The number of benzene rings is 2. The molecule has 2 aromatic carbocycles. The molecule has 1 aliphatic carbocycles. The molecule has 1 heteroatoms. The van der Waals surface area contributed by atoms with Crippen LogP contribution in [0.5, 0.6) is 0 Å². The van der Waals surface area contributed by atoms with Gasteiger partial charge in [-0.1, -0.05) is 57.2 Å². The molecule has 0 spiro atoms. The van der Waals surface area contributed by atoms with E-state index in [1.54, 1.807) is 0 Å². The SMILES string of the molecule is CC(C)(C)C1c2cccc3cccc(c23)C1O. The minimum Gasteiger partial charge on any atom is -0.388 e. The van der Waals surface area contributed by atoms with Gasteiger partial charge in [-0.2, -0.15) is 0 Å². The smallest absolute Gasteiger partial charge is 0.0869 e. The summed E-state index contributed by atoms with van der Waals surface area (Å²) in [6.07, 6.45) is -0.365. The first-order chi connectivity index (χ1) is 8.00. The summed E-state index contributed by atoms with van der Waals surface area (Å²) in [5, 5.41) is 13.1. The van der Waals surface area contributed by atoms with Crippen LogP contribution in [0.25, 0.3) is 10.8 Å². The maximum atomic E-state index is 10.6. The summed E-state index contributed by atoms with van der Waals surface area (Å²) in [5.41, 5.74) is 2.48. The summed E-state index contributed by atoms with van der Waals surface area (Å²) in [7, 11) is 0. The Morgan fingerprint density at radius 2 is 1.53 bits per heavy atom. The van der Waals surface area contributed by atoms with Crippen molar-refractivity contribution in [2.45, 2.75) is 32.8 Å². The highest BCUT2D eigenvalue weighted by molar-refractivity contribution is 5.92. The fraction of sp³-hybridized carbons (Fsp3) is 0.375. The van der Waals surface area contributed by atoms with Crippen molar-refractivity contribution in [3.8, 4) is 0 Å². The van der Waals surface area contributed by atoms with E-state index < -0.39 is 0 Å². The van der Waals surface area contributed by atoms with Crippen LogP contribution in [0.15, 0.2) is 36.4 Å². The highest BCUT2D eigenvalue weighted by atomic mass is 16.3. The fourth-order valence-electron chi connectivity index (χ4n) is 3.20. The molecule has 3 rings (SSSR count). The minimum absolute atomic E-state index is 0.0761. The first-order valence-electron chi connectivity index (χ1n) is 6.20. The zero-order valence-corrected chi connectivity index (χ0v) is 10.6. The average Bonchev–Trinajstić information content (AvgIpc) is 2.54. The Bertz CT molecular complexity index is 572. The molecule has 1 N–H and O–H groups in total. The normalized spacial score (nSPS) is 23.3. The van der Waals surface area contributed by atoms with Gasteiger partial charge < -0.3 is 5.11 Å². The van der Waals surface area contributed by atoms with E-state index in [2.05, 4.69) is 51.1 Å². The van der Waals surface area contributed by atoms with Crippen LogP contribution >= 0.6 is 0 Å². The lowest BCUT2D eigenvalue weighted by atomic mass is 9.75. The second-order valence-electron chi connectivity index (χ2n) is 6.08. The van der Waals surface area contributed by atoms with Gasteiger partial charge >= 0.3 is 0 Å². The Hall–Kier alpha value is -1.34. The van der Waals surface area contributed by atoms with Crippen LogP contribution in [0.1, 0.15) is 43.9 Å². The molecule has 2 atom stereocenters. The number of aliphatic hydroxyl groups excluding tert-OH is 1. The molecule has 0 saturated carbocycles. The Balaban J connectivity index is 2.34. The Kier molecular flexibility index (Phi) is 2.11. The van der Waals surface area contributed by atoms with Gasteiger partial charge in [-0.25, -0.2) is 0 Å². The molecular formula is C16H18O. The first-order valence-corrected chi connectivity index (χ1v) is 6.20. The fourth-order valence-corrected chi connectivity index (χ4v) is 3.20. The highest BCUT2D eigenvalue weighted by Crippen LogP contribution is 2.52. The van der Waals surface area contributed by atoms with Crippen LogP contribution in [0.3, 0.4) is 0 Å². The van der Waals surface area contributed by atoms with Gasteiger partial charge in [0.15, 0.2) is 0 Å². The molecule has 0 heterocycles. The lowest BCUT2D eigenvalue weighted by Gasteiger charge is -2.31. The van der Waals surface area contributed by atoms with Crippen molar-refractivity contribution < 1.29 is 5.11 Å². The molecule has 2 unspecified atom stereocenters. The summed E-state index contributed by atoms with van der Waals surface area (Å²) in [5.74, 6) is 0.198. The lowest BCUT2D eigenvalue weighted by molar-refractivity contribution is 0.0976. The molecular weight excluding hydrogens is 208 g/mol. The number of hydrogen-bond donors (Lipinski definition) is 1. The largest absolute Gasteiger partial charge is 0.388 e.